The number of nitrogens with zero attached hydrogens (tertiary/aromatic N) is 4. The number of nitrogens with one attached hydrogen (secondary N) is 1. The predicted octanol–water partition coefficient (Wildman–Crippen LogP) is 7.74. The highest BCUT2D eigenvalue weighted by Gasteiger charge is 2.24. The van der Waals surface area contributed by atoms with E-state index in [1.807, 2.05) is 30.3 Å². The van der Waals surface area contributed by atoms with Crippen LogP contribution in [-0.2, 0) is 30.4 Å². The van der Waals surface area contributed by atoms with E-state index in [4.69, 9.17) is 9.47 Å². The number of para-hydroxylation sites is 1. The summed E-state index contributed by atoms with van der Waals surface area (Å²) in [6, 6.07) is 20.7. The van der Waals surface area contributed by atoms with Gasteiger partial charge in [0.15, 0.2) is 5.75 Å². The first kappa shape index (κ1) is 38.5. The number of azo groups is 2. The molecule has 6 aromatic rings. The topological polar surface area (TPSA) is 284 Å². The Morgan fingerprint density at radius 1 is 0.564 bits per heavy atom. The summed E-state index contributed by atoms with van der Waals surface area (Å²) in [6.07, 6.45) is 0. The Morgan fingerprint density at radius 2 is 1.13 bits per heavy atom. The van der Waals surface area contributed by atoms with Gasteiger partial charge in [0, 0.05) is 35.0 Å². The van der Waals surface area contributed by atoms with Gasteiger partial charge < -0.3 is 25.0 Å². The van der Waals surface area contributed by atoms with Crippen molar-refractivity contribution in [3.05, 3.63) is 91.0 Å². The van der Waals surface area contributed by atoms with Gasteiger partial charge in [-0.25, -0.2) is 0 Å². The molecule has 0 unspecified atom stereocenters. The highest BCUT2D eigenvalue weighted by molar-refractivity contribution is 7.86. The number of hydrogen-bond donors (Lipinski definition) is 6. The number of aromatic hydroxyl groups is 2. The molecule has 6 rings (SSSR count). The summed E-state index contributed by atoms with van der Waals surface area (Å²) in [4.78, 5) is -2.26. The summed E-state index contributed by atoms with van der Waals surface area (Å²) in [5, 5.41) is 41.0. The Kier molecular flexibility index (Phi) is 10.2. The zero-order chi connectivity index (χ0) is 39.9. The molecule has 0 atom stereocenters. The second kappa shape index (κ2) is 14.5. The lowest BCUT2D eigenvalue weighted by molar-refractivity contribution is 0.405. The van der Waals surface area contributed by atoms with Crippen LogP contribution in [0, 0.1) is 0 Å². The highest BCUT2D eigenvalue weighted by atomic mass is 32.2. The van der Waals surface area contributed by atoms with Crippen molar-refractivity contribution in [3.63, 3.8) is 0 Å². The lowest BCUT2D eigenvalue weighted by Crippen LogP contribution is -2.00. The SMILES string of the molecule is COc1cc(N=Nc2cc(S(=O)(=O)O)cc3cc(S(=O)(=O)O)cc(O)c23)c(OC)cc1N=Nc1c(S(=O)(=O)O)cc2cc(Nc3ccccc3)ccc2c1O. The molecular weight excluding hydrogens is 783 g/mol. The summed E-state index contributed by atoms with van der Waals surface area (Å²) >= 11 is 0. The van der Waals surface area contributed by atoms with Gasteiger partial charge in [-0.3, -0.25) is 13.7 Å². The van der Waals surface area contributed by atoms with Gasteiger partial charge in [0.25, 0.3) is 30.4 Å². The fraction of sp³-hybridized carbons (Fsp3) is 0.0588. The lowest BCUT2D eigenvalue weighted by Gasteiger charge is -2.12. The molecule has 0 aromatic heterocycles. The molecule has 0 amide bonds. The van der Waals surface area contributed by atoms with Crippen molar-refractivity contribution in [2.75, 3.05) is 19.5 Å². The molecule has 0 aliphatic rings. The Balaban J connectivity index is 1.42. The third kappa shape index (κ3) is 8.16. The first-order valence-corrected chi connectivity index (χ1v) is 19.6. The number of hydrogen-bond acceptors (Lipinski definition) is 15. The fourth-order valence-corrected chi connectivity index (χ4v) is 7.17. The Hall–Kier alpha value is -6.23. The normalized spacial score (nSPS) is 12.5. The van der Waals surface area contributed by atoms with Crippen LogP contribution in [0.2, 0.25) is 0 Å². The molecule has 55 heavy (non-hydrogen) atoms. The summed E-state index contributed by atoms with van der Waals surface area (Å²) in [5.41, 5.74) is 0.193. The van der Waals surface area contributed by atoms with Gasteiger partial charge in [0.1, 0.15) is 39.2 Å². The maximum absolute atomic E-state index is 12.5. The average Bonchev–Trinajstić information content (AvgIpc) is 3.12. The van der Waals surface area contributed by atoms with Crippen LogP contribution < -0.4 is 14.8 Å². The number of benzene rings is 6. The molecule has 0 spiro atoms. The summed E-state index contributed by atoms with van der Waals surface area (Å²) in [7, 11) is -12.2. The first-order chi connectivity index (χ1) is 25.9. The highest BCUT2D eigenvalue weighted by Crippen LogP contribution is 2.46. The summed E-state index contributed by atoms with van der Waals surface area (Å²) in [5.74, 6) is -1.45. The molecule has 0 bridgehead atoms. The molecule has 0 aliphatic carbocycles. The van der Waals surface area contributed by atoms with Crippen molar-refractivity contribution in [2.45, 2.75) is 14.7 Å². The van der Waals surface area contributed by atoms with Gasteiger partial charge in [-0.2, -0.15) is 25.3 Å². The third-order valence-corrected chi connectivity index (χ3v) is 10.5. The maximum Gasteiger partial charge on any atom is 0.296 e. The quantitative estimate of drug-likeness (QED) is 0.0539. The number of fused-ring (bicyclic) bond motifs is 2. The summed E-state index contributed by atoms with van der Waals surface area (Å²) in [6.45, 7) is 0. The van der Waals surface area contributed by atoms with E-state index < -0.39 is 62.2 Å². The smallest absolute Gasteiger partial charge is 0.296 e. The van der Waals surface area contributed by atoms with Crippen LogP contribution in [0.15, 0.2) is 126 Å². The van der Waals surface area contributed by atoms with E-state index in [1.54, 1.807) is 12.1 Å². The molecular formula is C34H27N5O13S3. The largest absolute Gasteiger partial charge is 0.507 e. The molecule has 0 heterocycles. The van der Waals surface area contributed by atoms with Gasteiger partial charge in [0.05, 0.1) is 35.1 Å². The van der Waals surface area contributed by atoms with Gasteiger partial charge in [0.2, 0.25) is 0 Å². The maximum atomic E-state index is 12.5. The minimum absolute atomic E-state index is 0.0530. The number of phenols is 2. The van der Waals surface area contributed by atoms with E-state index in [0.29, 0.717) is 11.8 Å². The van der Waals surface area contributed by atoms with Gasteiger partial charge in [-0.05, 0) is 65.4 Å². The van der Waals surface area contributed by atoms with E-state index in [2.05, 4.69) is 25.8 Å². The molecule has 6 N–H and O–H groups in total. The molecule has 0 saturated heterocycles. The minimum atomic E-state index is -4.96. The second-order valence-electron chi connectivity index (χ2n) is 11.5. The fourth-order valence-electron chi connectivity index (χ4n) is 5.44. The van der Waals surface area contributed by atoms with E-state index >= 15 is 0 Å². The molecule has 0 fully saturated rings. The van der Waals surface area contributed by atoms with Crippen LogP contribution in [0.4, 0.5) is 34.1 Å². The van der Waals surface area contributed by atoms with Gasteiger partial charge >= 0.3 is 0 Å². The van der Waals surface area contributed by atoms with Crippen LogP contribution in [0.25, 0.3) is 21.5 Å². The number of ether oxygens (including phenoxy) is 2. The third-order valence-electron chi connectivity index (χ3n) is 7.95. The van der Waals surface area contributed by atoms with Crippen LogP contribution >= 0.6 is 0 Å². The first-order valence-electron chi connectivity index (χ1n) is 15.3. The zero-order valence-electron chi connectivity index (χ0n) is 28.2. The molecule has 0 saturated carbocycles. The van der Waals surface area contributed by atoms with Crippen molar-refractivity contribution in [1.29, 1.82) is 0 Å². The molecule has 0 aliphatic heterocycles. The lowest BCUT2D eigenvalue weighted by atomic mass is 10.1. The van der Waals surface area contributed by atoms with E-state index in [1.165, 1.54) is 32.4 Å². The van der Waals surface area contributed by atoms with Crippen molar-refractivity contribution in [1.82, 2.24) is 0 Å². The van der Waals surface area contributed by atoms with Gasteiger partial charge in [-0.1, -0.05) is 18.2 Å². The van der Waals surface area contributed by atoms with Crippen LogP contribution in [0.5, 0.6) is 23.0 Å². The number of anilines is 2. The minimum Gasteiger partial charge on any atom is -0.507 e. The van der Waals surface area contributed by atoms with Crippen LogP contribution in [0.1, 0.15) is 0 Å². The average molecular weight is 810 g/mol. The number of methoxy groups -OCH3 is 2. The van der Waals surface area contributed by atoms with E-state index in [-0.39, 0.29) is 50.1 Å². The van der Waals surface area contributed by atoms with Crippen molar-refractivity contribution in [3.8, 4) is 23.0 Å². The monoisotopic (exact) mass is 809 g/mol. The number of rotatable bonds is 11. The predicted molar refractivity (Wildman–Crippen MR) is 198 cm³/mol. The number of phenolic OH excluding ortho intramolecular Hbond substituents is 2. The molecule has 0 radical (unpaired) electrons. The molecule has 18 nitrogen and oxygen atoms in total. The van der Waals surface area contributed by atoms with Gasteiger partial charge in [-0.15, -0.1) is 20.5 Å². The van der Waals surface area contributed by atoms with Crippen LogP contribution in [-0.4, -0.2) is 63.3 Å². The van der Waals surface area contributed by atoms with Crippen molar-refractivity contribution in [2.24, 2.45) is 20.5 Å². The van der Waals surface area contributed by atoms with Crippen LogP contribution in [0.3, 0.4) is 0 Å². The van der Waals surface area contributed by atoms with Crippen molar-refractivity contribution < 1.29 is 58.6 Å². The Morgan fingerprint density at radius 3 is 1.69 bits per heavy atom. The zero-order valence-corrected chi connectivity index (χ0v) is 30.6. The van der Waals surface area contributed by atoms with E-state index in [0.717, 1.165) is 30.0 Å². The molecule has 284 valence electrons. The summed E-state index contributed by atoms with van der Waals surface area (Å²) < 4.78 is 113. The standard InChI is InChI=1S/C34H27N5O13S3/c1-51-29-17-26(37-39-33-31(55(48,49)50)13-18-10-21(8-9-24(18)34(33)41)35-20-6-4-3-5-7-20)30(52-2)16-25(29)36-38-27-14-22(53(42,43)44)11-19-12-23(54(45,46)47)15-28(40)32(19)27/h3-17,35,40-41H,1-2H3,(H,42,43,44)(H,45,46,47)(H,48,49,50). The van der Waals surface area contributed by atoms with E-state index in [9.17, 15) is 49.1 Å². The Bertz CT molecular complexity index is 2920. The molecule has 21 heteroatoms. The second-order valence-corrected chi connectivity index (χ2v) is 15.7. The molecule has 6 aromatic carbocycles. The Labute approximate surface area is 312 Å². The van der Waals surface area contributed by atoms with Crippen molar-refractivity contribution >= 4 is 86.0 Å².